The van der Waals surface area contributed by atoms with Gasteiger partial charge in [0.15, 0.2) is 0 Å². The van der Waals surface area contributed by atoms with E-state index in [9.17, 15) is 14.4 Å². The van der Waals surface area contributed by atoms with Crippen molar-refractivity contribution in [2.24, 2.45) is 0 Å². The van der Waals surface area contributed by atoms with Gasteiger partial charge < -0.3 is 0 Å². The van der Waals surface area contributed by atoms with Crippen molar-refractivity contribution < 1.29 is 47.2 Å². The van der Waals surface area contributed by atoms with Crippen LogP contribution in [0.2, 0.25) is 0 Å². The van der Waals surface area contributed by atoms with E-state index < -0.39 is 36.9 Å². The van der Waals surface area contributed by atoms with Gasteiger partial charge in [-0.3, -0.25) is 0 Å². The molecule has 0 aliphatic heterocycles. The molecule has 0 aromatic heterocycles. The van der Waals surface area contributed by atoms with Gasteiger partial charge in [0.05, 0.1) is 0 Å². The molecular weight excluding hydrogens is 439 g/mol. The third-order valence-corrected chi connectivity index (χ3v) is 7.31. The number of hydrogen-bond donors (Lipinski definition) is 2. The molecule has 0 aliphatic rings. The molecule has 0 unspecified atom stereocenters. The molecule has 1 aromatic rings. The number of amides is 1. The molecule has 7 heteroatoms. The SMILES string of the molecule is CC(=O)[O][Hg][c]1ccc(NC(=O)/C=C\C(=O)O)cc1. The van der Waals surface area contributed by atoms with Crippen LogP contribution in [-0.2, 0) is 42.1 Å². The van der Waals surface area contributed by atoms with E-state index in [0.717, 1.165) is 15.2 Å². The topological polar surface area (TPSA) is 92.7 Å². The minimum atomic E-state index is -1.82. The molecule has 1 rings (SSSR count). The maximum absolute atomic E-state index is 11.3. The Morgan fingerprint density at radius 2 is 1.84 bits per heavy atom. The number of nitrogens with one attached hydrogen (secondary N) is 1. The van der Waals surface area contributed by atoms with Gasteiger partial charge in [-0.15, -0.1) is 0 Å². The summed E-state index contributed by atoms with van der Waals surface area (Å²) >= 11 is -1.82. The van der Waals surface area contributed by atoms with Crippen LogP contribution in [0.25, 0.3) is 0 Å². The fourth-order valence-corrected chi connectivity index (χ4v) is 4.30. The minimum absolute atomic E-state index is 0.266. The second-order valence-electron chi connectivity index (χ2n) is 3.64. The zero-order valence-electron chi connectivity index (χ0n) is 10.3. The summed E-state index contributed by atoms with van der Waals surface area (Å²) < 4.78 is 6.04. The summed E-state index contributed by atoms with van der Waals surface area (Å²) in [6.07, 6.45) is 1.70. The summed E-state index contributed by atoms with van der Waals surface area (Å²) in [6, 6.07) is 6.96. The molecular formula is C12H11HgNO5. The molecule has 19 heavy (non-hydrogen) atoms. The quantitative estimate of drug-likeness (QED) is 0.503. The fourth-order valence-electron chi connectivity index (χ4n) is 1.20. The molecule has 1 amide bonds. The summed E-state index contributed by atoms with van der Waals surface area (Å²) in [5.41, 5.74) is 0.556. The van der Waals surface area contributed by atoms with Gasteiger partial charge in [-0.2, -0.15) is 0 Å². The van der Waals surface area contributed by atoms with Crippen molar-refractivity contribution >= 4 is 26.6 Å². The summed E-state index contributed by atoms with van der Waals surface area (Å²) in [4.78, 5) is 32.2. The van der Waals surface area contributed by atoms with Crippen LogP contribution in [0.3, 0.4) is 0 Å². The Bertz CT molecular complexity index is 509. The molecule has 2 N–H and O–H groups in total. The molecule has 0 bridgehead atoms. The molecule has 1 aromatic carbocycles. The molecule has 0 atom stereocenters. The van der Waals surface area contributed by atoms with Gasteiger partial charge in [0, 0.05) is 0 Å². The fraction of sp³-hybridized carbons (Fsp3) is 0.0833. The number of carboxylic acids is 1. The number of hydrogen-bond acceptors (Lipinski definition) is 4. The Balaban J connectivity index is 2.54. The van der Waals surface area contributed by atoms with Crippen LogP contribution in [0.5, 0.6) is 0 Å². The van der Waals surface area contributed by atoms with E-state index in [1.807, 2.05) is 0 Å². The van der Waals surface area contributed by atoms with Crippen LogP contribution in [0.15, 0.2) is 36.4 Å². The van der Waals surface area contributed by atoms with Crippen molar-refractivity contribution in [3.63, 3.8) is 0 Å². The summed E-state index contributed by atoms with van der Waals surface area (Å²) in [5, 5.41) is 10.9. The number of aliphatic carboxylic acids is 1. The number of anilines is 1. The van der Waals surface area contributed by atoms with Crippen LogP contribution in [0.4, 0.5) is 5.69 Å². The third kappa shape index (κ3) is 6.71. The van der Waals surface area contributed by atoms with E-state index in [0.29, 0.717) is 5.69 Å². The second kappa shape index (κ2) is 7.68. The number of carbonyl (C=O) groups excluding carboxylic acids is 2. The van der Waals surface area contributed by atoms with Gasteiger partial charge in [-0.05, 0) is 0 Å². The van der Waals surface area contributed by atoms with Gasteiger partial charge in [0.25, 0.3) is 0 Å². The Labute approximate surface area is 122 Å². The Hall–Kier alpha value is -1.69. The second-order valence-corrected chi connectivity index (χ2v) is 9.06. The molecule has 0 aliphatic carbocycles. The van der Waals surface area contributed by atoms with E-state index in [1.54, 1.807) is 24.3 Å². The normalized spacial score (nSPS) is 9.74. The zero-order chi connectivity index (χ0) is 14.3. The summed E-state index contributed by atoms with van der Waals surface area (Å²) in [7, 11) is 0. The first-order valence-corrected chi connectivity index (χ1v) is 10.4. The summed E-state index contributed by atoms with van der Waals surface area (Å²) in [5.74, 6) is -1.96. The van der Waals surface area contributed by atoms with Crippen molar-refractivity contribution in [2.75, 3.05) is 5.32 Å². The molecule has 0 radical (unpaired) electrons. The van der Waals surface area contributed by atoms with Gasteiger partial charge in [0.1, 0.15) is 0 Å². The third-order valence-electron chi connectivity index (χ3n) is 2.04. The monoisotopic (exact) mass is 451 g/mol. The summed E-state index contributed by atoms with van der Waals surface area (Å²) in [6.45, 7) is 1.38. The van der Waals surface area contributed by atoms with E-state index in [1.165, 1.54) is 6.92 Å². The van der Waals surface area contributed by atoms with E-state index in [-0.39, 0.29) is 5.97 Å². The molecule has 0 saturated carbocycles. The van der Waals surface area contributed by atoms with Crippen LogP contribution in [0, 0.1) is 0 Å². The van der Waals surface area contributed by atoms with Crippen LogP contribution >= 0.6 is 0 Å². The average Bonchev–Trinajstić information content (AvgIpc) is 2.35. The number of carbonyl (C=O) groups is 3. The Morgan fingerprint density at radius 3 is 2.37 bits per heavy atom. The van der Waals surface area contributed by atoms with Crippen LogP contribution in [-0.4, -0.2) is 23.0 Å². The van der Waals surface area contributed by atoms with Gasteiger partial charge in [-0.25, -0.2) is 0 Å². The molecule has 0 heterocycles. The molecule has 0 saturated heterocycles. The van der Waals surface area contributed by atoms with Crippen molar-refractivity contribution in [3.05, 3.63) is 36.4 Å². The molecule has 0 spiro atoms. The predicted octanol–water partition coefficient (Wildman–Crippen LogP) is 0.452. The number of carboxylic acid groups (broad SMARTS) is 1. The van der Waals surface area contributed by atoms with Crippen LogP contribution < -0.4 is 8.39 Å². The predicted molar refractivity (Wildman–Crippen MR) is 63.2 cm³/mol. The first kappa shape index (κ1) is 15.4. The van der Waals surface area contributed by atoms with Crippen molar-refractivity contribution in [1.82, 2.24) is 0 Å². The Kier molecular flexibility index (Phi) is 6.21. The molecule has 0 fully saturated rings. The van der Waals surface area contributed by atoms with E-state index in [2.05, 4.69) is 5.32 Å². The van der Waals surface area contributed by atoms with E-state index in [4.69, 9.17) is 7.75 Å². The first-order valence-electron chi connectivity index (χ1n) is 5.41. The number of benzene rings is 1. The zero-order valence-corrected chi connectivity index (χ0v) is 15.7. The van der Waals surface area contributed by atoms with Gasteiger partial charge >= 0.3 is 122 Å². The van der Waals surface area contributed by atoms with E-state index >= 15 is 0 Å². The standard InChI is InChI=1S/C10H8NO3.C2H4O2.Hg/c12-9(6-7-10(13)14)11-8-4-2-1-3-5-8;1-2(3)4;/h2-7H,(H,11,12)(H,13,14);1H3,(H,3,4);/q;;+1/p-1/b7-6-;;. The van der Waals surface area contributed by atoms with Crippen LogP contribution in [0.1, 0.15) is 6.92 Å². The van der Waals surface area contributed by atoms with Crippen molar-refractivity contribution in [1.29, 1.82) is 0 Å². The van der Waals surface area contributed by atoms with Crippen molar-refractivity contribution in [3.8, 4) is 0 Å². The van der Waals surface area contributed by atoms with Gasteiger partial charge in [0.2, 0.25) is 0 Å². The Morgan fingerprint density at radius 1 is 1.21 bits per heavy atom. The van der Waals surface area contributed by atoms with Crippen molar-refractivity contribution in [2.45, 2.75) is 6.92 Å². The maximum atomic E-state index is 11.3. The number of rotatable bonds is 5. The molecule has 96 valence electrons. The average molecular weight is 450 g/mol. The first-order chi connectivity index (χ1) is 8.97. The van der Waals surface area contributed by atoms with Gasteiger partial charge in [-0.1, -0.05) is 0 Å². The molecule has 6 nitrogen and oxygen atoms in total.